The maximum absolute atomic E-state index is 13.2. The van der Waals surface area contributed by atoms with Crippen molar-refractivity contribution < 1.29 is 14.6 Å². The van der Waals surface area contributed by atoms with E-state index in [0.717, 1.165) is 22.4 Å². The molecule has 4 heteroatoms. The molecular weight excluding hydrogens is 380 g/mol. The van der Waals surface area contributed by atoms with Crippen LogP contribution < -0.4 is 0 Å². The molecule has 0 amide bonds. The van der Waals surface area contributed by atoms with Crippen LogP contribution >= 0.6 is 11.8 Å². The van der Waals surface area contributed by atoms with E-state index in [2.05, 4.69) is 52.0 Å². The first-order chi connectivity index (χ1) is 13.6. The van der Waals surface area contributed by atoms with Crippen molar-refractivity contribution in [3.8, 4) is 0 Å². The highest BCUT2D eigenvalue weighted by atomic mass is 32.2. The number of aryl methyl sites for hydroxylation is 1. The number of hydrogen-bond donors (Lipinski definition) is 1. The van der Waals surface area contributed by atoms with Crippen LogP contribution in [0.15, 0.2) is 58.0 Å². The number of aliphatic hydroxyl groups is 1. The quantitative estimate of drug-likeness (QED) is 0.597. The third-order valence-corrected chi connectivity index (χ3v) is 7.49. The lowest BCUT2D eigenvalue weighted by Gasteiger charge is -2.43. The Balaban J connectivity index is 1.75. The third-order valence-electron chi connectivity index (χ3n) is 6.31. The van der Waals surface area contributed by atoms with Crippen molar-refractivity contribution in [2.24, 2.45) is 5.41 Å². The predicted octanol–water partition coefficient (Wildman–Crippen LogP) is 6.40. The number of carbonyl (C=O) groups is 1. The normalized spacial score (nSPS) is 22.9. The smallest absolute Gasteiger partial charge is 0.349 e. The fourth-order valence-electron chi connectivity index (χ4n) is 4.67. The minimum absolute atomic E-state index is 0.132. The third kappa shape index (κ3) is 3.18. The van der Waals surface area contributed by atoms with Crippen molar-refractivity contribution >= 4 is 17.7 Å². The zero-order chi connectivity index (χ0) is 21.0. The van der Waals surface area contributed by atoms with Gasteiger partial charge in [-0.1, -0.05) is 75.9 Å². The van der Waals surface area contributed by atoms with Gasteiger partial charge in [-0.2, -0.15) is 0 Å². The van der Waals surface area contributed by atoms with Crippen LogP contribution in [-0.4, -0.2) is 11.1 Å². The second-order valence-corrected chi connectivity index (χ2v) is 10.2. The zero-order valence-electron chi connectivity index (χ0n) is 17.7. The number of fused-ring (bicyclic) bond motifs is 2. The van der Waals surface area contributed by atoms with Crippen LogP contribution in [0.1, 0.15) is 62.3 Å². The van der Waals surface area contributed by atoms with Crippen LogP contribution in [0.5, 0.6) is 0 Å². The second kappa shape index (κ2) is 6.94. The molecule has 29 heavy (non-hydrogen) atoms. The summed E-state index contributed by atoms with van der Waals surface area (Å²) < 4.78 is 6.18. The molecule has 0 bridgehead atoms. The van der Waals surface area contributed by atoms with Gasteiger partial charge in [0, 0.05) is 10.3 Å². The standard InChI is InChI=1S/C25H28O3S/c1-15(2)18-11-10-16(3)12-21(18)29-22-20(26)14-25(28-23(22)27)19-9-7-6-8-17(19)13-24(25,4)5/h6-12,15,26H,13-14H2,1-5H3. The molecule has 0 saturated heterocycles. The number of thioether (sulfide) groups is 1. The van der Waals surface area contributed by atoms with Gasteiger partial charge in [0.05, 0.1) is 6.42 Å². The van der Waals surface area contributed by atoms with E-state index in [1.54, 1.807) is 0 Å². The molecule has 0 saturated carbocycles. The number of ether oxygens (including phenoxy) is 1. The lowest BCUT2D eigenvalue weighted by atomic mass is 9.72. The Labute approximate surface area is 177 Å². The largest absolute Gasteiger partial charge is 0.511 e. The highest BCUT2D eigenvalue weighted by Gasteiger charge is 2.58. The molecule has 2 aromatic carbocycles. The molecule has 152 valence electrons. The van der Waals surface area contributed by atoms with Crippen molar-refractivity contribution in [3.05, 3.63) is 75.4 Å². The molecule has 2 aliphatic rings. The maximum atomic E-state index is 13.2. The molecule has 4 rings (SSSR count). The molecule has 1 unspecified atom stereocenters. The van der Waals surface area contributed by atoms with Crippen LogP contribution in [0.25, 0.3) is 0 Å². The molecule has 1 aliphatic carbocycles. The van der Waals surface area contributed by atoms with Gasteiger partial charge in [0.2, 0.25) is 0 Å². The van der Waals surface area contributed by atoms with Crippen molar-refractivity contribution in [3.63, 3.8) is 0 Å². The summed E-state index contributed by atoms with van der Waals surface area (Å²) in [7, 11) is 0. The van der Waals surface area contributed by atoms with E-state index in [1.165, 1.54) is 22.9 Å². The van der Waals surface area contributed by atoms with Crippen molar-refractivity contribution in [2.45, 2.75) is 63.9 Å². The van der Waals surface area contributed by atoms with Crippen LogP contribution in [0.3, 0.4) is 0 Å². The minimum atomic E-state index is -0.817. The molecule has 2 aromatic rings. The van der Waals surface area contributed by atoms with E-state index < -0.39 is 11.6 Å². The molecule has 0 aromatic heterocycles. The first kappa shape index (κ1) is 20.1. The molecular formula is C25H28O3S. The summed E-state index contributed by atoms with van der Waals surface area (Å²) in [5.41, 5.74) is 3.40. The number of carbonyl (C=O) groups excluding carboxylic acids is 1. The lowest BCUT2D eigenvalue weighted by Crippen LogP contribution is -2.46. The van der Waals surface area contributed by atoms with Crippen molar-refractivity contribution in [1.29, 1.82) is 0 Å². The van der Waals surface area contributed by atoms with Gasteiger partial charge in [-0.3, -0.25) is 0 Å². The van der Waals surface area contributed by atoms with Crippen LogP contribution in [-0.2, 0) is 21.6 Å². The van der Waals surface area contributed by atoms with Gasteiger partial charge in [0.1, 0.15) is 10.7 Å². The van der Waals surface area contributed by atoms with Gasteiger partial charge in [0.25, 0.3) is 0 Å². The summed E-state index contributed by atoms with van der Waals surface area (Å²) in [5.74, 6) is 0.0272. The Morgan fingerprint density at radius 2 is 1.83 bits per heavy atom. The summed E-state index contributed by atoms with van der Waals surface area (Å²) in [6.45, 7) is 10.5. The summed E-state index contributed by atoms with van der Waals surface area (Å²) in [6, 6.07) is 14.4. The van der Waals surface area contributed by atoms with Gasteiger partial charge in [0.15, 0.2) is 5.60 Å². The molecule has 1 aliphatic heterocycles. The number of esters is 1. The fraction of sp³-hybridized carbons (Fsp3) is 0.400. The van der Waals surface area contributed by atoms with Gasteiger partial charge in [-0.15, -0.1) is 0 Å². The number of hydrogen-bond acceptors (Lipinski definition) is 4. The maximum Gasteiger partial charge on any atom is 0.349 e. The molecule has 1 spiro atoms. The predicted molar refractivity (Wildman–Crippen MR) is 117 cm³/mol. The van der Waals surface area contributed by atoms with E-state index in [0.29, 0.717) is 17.2 Å². The first-order valence-corrected chi connectivity index (χ1v) is 11.0. The van der Waals surface area contributed by atoms with Gasteiger partial charge < -0.3 is 9.84 Å². The summed E-state index contributed by atoms with van der Waals surface area (Å²) in [5, 5.41) is 11.0. The Hall–Kier alpha value is -2.20. The Kier molecular flexibility index (Phi) is 4.81. The van der Waals surface area contributed by atoms with E-state index in [4.69, 9.17) is 4.74 Å². The highest BCUT2D eigenvalue weighted by molar-refractivity contribution is 8.04. The SMILES string of the molecule is Cc1ccc(C(C)C)c(SC2=C(O)CC3(OC2=O)c2ccccc2CC3(C)C)c1. The van der Waals surface area contributed by atoms with Gasteiger partial charge >= 0.3 is 5.97 Å². The minimum Gasteiger partial charge on any atom is -0.511 e. The van der Waals surface area contributed by atoms with Crippen molar-refractivity contribution in [2.75, 3.05) is 0 Å². The number of rotatable bonds is 3. The van der Waals surface area contributed by atoms with Crippen LogP contribution in [0.4, 0.5) is 0 Å². The van der Waals surface area contributed by atoms with E-state index in [1.807, 2.05) is 25.1 Å². The fourth-order valence-corrected chi connectivity index (χ4v) is 5.87. The Morgan fingerprint density at radius 1 is 1.10 bits per heavy atom. The van der Waals surface area contributed by atoms with Crippen LogP contribution in [0.2, 0.25) is 0 Å². The van der Waals surface area contributed by atoms with Crippen LogP contribution in [0, 0.1) is 12.3 Å². The molecule has 1 atom stereocenters. The van der Waals surface area contributed by atoms with Gasteiger partial charge in [-0.25, -0.2) is 4.79 Å². The first-order valence-electron chi connectivity index (χ1n) is 10.2. The summed E-state index contributed by atoms with van der Waals surface area (Å²) >= 11 is 1.33. The van der Waals surface area contributed by atoms with E-state index in [9.17, 15) is 9.90 Å². The summed E-state index contributed by atoms with van der Waals surface area (Å²) in [6.07, 6.45) is 1.13. The van der Waals surface area contributed by atoms with Crippen molar-refractivity contribution in [1.82, 2.24) is 0 Å². The average molecular weight is 409 g/mol. The summed E-state index contributed by atoms with van der Waals surface area (Å²) in [4.78, 5) is 14.5. The molecule has 0 radical (unpaired) electrons. The lowest BCUT2D eigenvalue weighted by molar-refractivity contribution is -0.174. The van der Waals surface area contributed by atoms with E-state index in [-0.39, 0.29) is 11.2 Å². The monoisotopic (exact) mass is 408 g/mol. The molecule has 3 nitrogen and oxygen atoms in total. The number of benzene rings is 2. The molecule has 1 N–H and O–H groups in total. The topological polar surface area (TPSA) is 46.5 Å². The Morgan fingerprint density at radius 3 is 2.52 bits per heavy atom. The second-order valence-electron chi connectivity index (χ2n) is 9.18. The van der Waals surface area contributed by atoms with E-state index >= 15 is 0 Å². The average Bonchev–Trinajstić information content (AvgIpc) is 2.84. The number of aliphatic hydroxyl groups excluding tert-OH is 1. The highest BCUT2D eigenvalue weighted by Crippen LogP contribution is 2.58. The molecule has 1 heterocycles. The Bertz CT molecular complexity index is 1020. The van der Waals surface area contributed by atoms with Gasteiger partial charge in [-0.05, 0) is 47.6 Å². The molecule has 0 fully saturated rings. The zero-order valence-corrected chi connectivity index (χ0v) is 18.5.